The van der Waals surface area contributed by atoms with Crippen molar-refractivity contribution in [1.29, 1.82) is 0 Å². The predicted octanol–water partition coefficient (Wildman–Crippen LogP) is 3.72. The van der Waals surface area contributed by atoms with Crippen LogP contribution in [0.3, 0.4) is 0 Å². The fourth-order valence-electron chi connectivity index (χ4n) is 2.58. The van der Waals surface area contributed by atoms with E-state index < -0.39 is 0 Å². The van der Waals surface area contributed by atoms with Gasteiger partial charge in [0, 0.05) is 12.4 Å². The van der Waals surface area contributed by atoms with Crippen molar-refractivity contribution >= 4 is 0 Å². The smallest absolute Gasteiger partial charge is 0.0650 e. The van der Waals surface area contributed by atoms with E-state index in [-0.39, 0.29) is 0 Å². The summed E-state index contributed by atoms with van der Waals surface area (Å²) < 4.78 is 2.00. The lowest BCUT2D eigenvalue weighted by atomic mass is 9.95. The molecular formula is C15H20N2. The monoisotopic (exact) mass is 228 g/mol. The van der Waals surface area contributed by atoms with Crippen molar-refractivity contribution < 1.29 is 0 Å². The highest BCUT2D eigenvalue weighted by Crippen LogP contribution is 2.23. The third-order valence-electron chi connectivity index (χ3n) is 3.12. The van der Waals surface area contributed by atoms with Gasteiger partial charge in [-0.05, 0) is 56.5 Å². The summed E-state index contributed by atoms with van der Waals surface area (Å²) in [4.78, 5) is 0. The standard InChI is InChI=1S/C15H20N2/c1-11-9-12(2)15(13(3)10-11)14(4)16-17-7-5-6-8-17/h5-10,14,16H,1-4H3. The molecule has 0 spiro atoms. The number of rotatable bonds is 3. The van der Waals surface area contributed by atoms with Crippen molar-refractivity contribution in [3.8, 4) is 0 Å². The van der Waals surface area contributed by atoms with E-state index in [1.54, 1.807) is 0 Å². The van der Waals surface area contributed by atoms with Crippen LogP contribution in [0.4, 0.5) is 0 Å². The van der Waals surface area contributed by atoms with Gasteiger partial charge in [-0.2, -0.15) is 0 Å². The normalized spacial score (nSPS) is 12.5. The number of nitrogens with zero attached hydrogens (tertiary/aromatic N) is 1. The average Bonchev–Trinajstić information content (AvgIpc) is 2.68. The lowest BCUT2D eigenvalue weighted by Crippen LogP contribution is -2.18. The van der Waals surface area contributed by atoms with Gasteiger partial charge in [0.2, 0.25) is 0 Å². The van der Waals surface area contributed by atoms with Crippen LogP contribution in [0.2, 0.25) is 0 Å². The zero-order valence-corrected chi connectivity index (χ0v) is 11.0. The number of hydrogen-bond acceptors (Lipinski definition) is 1. The zero-order valence-electron chi connectivity index (χ0n) is 11.0. The van der Waals surface area contributed by atoms with Crippen LogP contribution < -0.4 is 5.43 Å². The Kier molecular flexibility index (Phi) is 3.23. The summed E-state index contributed by atoms with van der Waals surface area (Å²) in [6.45, 7) is 8.71. The topological polar surface area (TPSA) is 17.0 Å². The first-order valence-electron chi connectivity index (χ1n) is 6.05. The summed E-state index contributed by atoms with van der Waals surface area (Å²) in [5, 5.41) is 0. The molecule has 1 aromatic carbocycles. The van der Waals surface area contributed by atoms with E-state index in [1.165, 1.54) is 22.3 Å². The Morgan fingerprint density at radius 1 is 1.00 bits per heavy atom. The van der Waals surface area contributed by atoms with Crippen LogP contribution in [0.1, 0.15) is 35.2 Å². The molecule has 1 N–H and O–H groups in total. The Hall–Kier alpha value is -1.70. The molecule has 2 rings (SSSR count). The lowest BCUT2D eigenvalue weighted by Gasteiger charge is -2.21. The summed E-state index contributed by atoms with van der Waals surface area (Å²) in [6, 6.07) is 8.85. The third-order valence-corrected chi connectivity index (χ3v) is 3.12. The molecule has 2 aromatic rings. The molecule has 0 amide bonds. The minimum Gasteiger partial charge on any atom is -0.319 e. The van der Waals surface area contributed by atoms with E-state index in [9.17, 15) is 0 Å². The van der Waals surface area contributed by atoms with Gasteiger partial charge in [-0.3, -0.25) is 4.68 Å². The maximum Gasteiger partial charge on any atom is 0.0650 e. The van der Waals surface area contributed by atoms with Crippen molar-refractivity contribution in [2.24, 2.45) is 0 Å². The molecule has 0 fully saturated rings. The quantitative estimate of drug-likeness (QED) is 0.847. The second kappa shape index (κ2) is 4.66. The fourth-order valence-corrected chi connectivity index (χ4v) is 2.58. The van der Waals surface area contributed by atoms with Gasteiger partial charge in [-0.15, -0.1) is 0 Å². The highest BCUT2D eigenvalue weighted by atomic mass is 15.4. The minimum atomic E-state index is 0.308. The lowest BCUT2D eigenvalue weighted by molar-refractivity contribution is 0.720. The van der Waals surface area contributed by atoms with Crippen LogP contribution >= 0.6 is 0 Å². The maximum absolute atomic E-state index is 3.46. The Labute approximate surface area is 103 Å². The Bertz CT molecular complexity index is 475. The van der Waals surface area contributed by atoms with Gasteiger partial charge < -0.3 is 5.43 Å². The molecule has 0 bridgehead atoms. The van der Waals surface area contributed by atoms with Gasteiger partial charge >= 0.3 is 0 Å². The molecule has 2 nitrogen and oxygen atoms in total. The number of hydrogen-bond donors (Lipinski definition) is 1. The second-order valence-corrected chi connectivity index (χ2v) is 4.75. The Morgan fingerprint density at radius 3 is 2.06 bits per heavy atom. The summed E-state index contributed by atoms with van der Waals surface area (Å²) in [5.41, 5.74) is 8.89. The van der Waals surface area contributed by atoms with Crippen LogP contribution in [0.25, 0.3) is 0 Å². The molecule has 17 heavy (non-hydrogen) atoms. The van der Waals surface area contributed by atoms with Crippen LogP contribution in [0.5, 0.6) is 0 Å². The summed E-state index contributed by atoms with van der Waals surface area (Å²) >= 11 is 0. The van der Waals surface area contributed by atoms with Gasteiger partial charge in [0.05, 0.1) is 6.04 Å². The Balaban J connectivity index is 2.27. The van der Waals surface area contributed by atoms with Crippen molar-refractivity contribution in [1.82, 2.24) is 4.68 Å². The van der Waals surface area contributed by atoms with Crippen LogP contribution in [0.15, 0.2) is 36.7 Å². The molecule has 0 aliphatic heterocycles. The molecular weight excluding hydrogens is 208 g/mol. The van der Waals surface area contributed by atoms with Crippen molar-refractivity contribution in [3.63, 3.8) is 0 Å². The van der Waals surface area contributed by atoms with E-state index in [0.717, 1.165) is 0 Å². The molecule has 0 aliphatic carbocycles. The van der Waals surface area contributed by atoms with E-state index in [0.29, 0.717) is 6.04 Å². The zero-order chi connectivity index (χ0) is 12.4. The van der Waals surface area contributed by atoms with Crippen molar-refractivity contribution in [2.75, 3.05) is 5.43 Å². The van der Waals surface area contributed by atoms with E-state index in [2.05, 4.69) is 45.3 Å². The first kappa shape index (κ1) is 11.8. The van der Waals surface area contributed by atoms with Gasteiger partial charge in [0.15, 0.2) is 0 Å². The highest BCUT2D eigenvalue weighted by molar-refractivity contribution is 5.40. The molecule has 1 aromatic heterocycles. The van der Waals surface area contributed by atoms with E-state index in [4.69, 9.17) is 0 Å². The number of aryl methyl sites for hydroxylation is 3. The summed E-state index contributed by atoms with van der Waals surface area (Å²) in [6.07, 6.45) is 4.05. The number of benzene rings is 1. The largest absolute Gasteiger partial charge is 0.319 e. The van der Waals surface area contributed by atoms with Crippen LogP contribution in [-0.2, 0) is 0 Å². The Morgan fingerprint density at radius 2 is 1.53 bits per heavy atom. The van der Waals surface area contributed by atoms with Crippen molar-refractivity contribution in [2.45, 2.75) is 33.7 Å². The molecule has 2 heteroatoms. The van der Waals surface area contributed by atoms with Crippen LogP contribution in [-0.4, -0.2) is 4.68 Å². The first-order valence-corrected chi connectivity index (χ1v) is 6.05. The number of nitrogens with one attached hydrogen (secondary N) is 1. The van der Waals surface area contributed by atoms with Gasteiger partial charge in [-0.1, -0.05) is 17.7 Å². The van der Waals surface area contributed by atoms with Crippen molar-refractivity contribution in [3.05, 3.63) is 58.9 Å². The fraction of sp³-hybridized carbons (Fsp3) is 0.333. The average molecular weight is 228 g/mol. The SMILES string of the molecule is Cc1cc(C)c(C(C)Nn2cccc2)c(C)c1. The van der Waals surface area contributed by atoms with Gasteiger partial charge in [-0.25, -0.2) is 0 Å². The van der Waals surface area contributed by atoms with E-state index in [1.807, 2.05) is 29.2 Å². The molecule has 0 saturated heterocycles. The second-order valence-electron chi connectivity index (χ2n) is 4.75. The van der Waals surface area contributed by atoms with Gasteiger partial charge in [0.1, 0.15) is 0 Å². The van der Waals surface area contributed by atoms with E-state index >= 15 is 0 Å². The highest BCUT2D eigenvalue weighted by Gasteiger charge is 2.11. The number of aromatic nitrogens is 1. The summed E-state index contributed by atoms with van der Waals surface area (Å²) in [7, 11) is 0. The third kappa shape index (κ3) is 2.52. The molecule has 0 saturated carbocycles. The molecule has 0 aliphatic rings. The molecule has 90 valence electrons. The predicted molar refractivity (Wildman–Crippen MR) is 72.9 cm³/mol. The minimum absolute atomic E-state index is 0.308. The molecule has 1 atom stereocenters. The molecule has 1 unspecified atom stereocenters. The summed E-state index contributed by atoms with van der Waals surface area (Å²) in [5.74, 6) is 0. The van der Waals surface area contributed by atoms with Crippen LogP contribution in [0, 0.1) is 20.8 Å². The molecule has 1 heterocycles. The maximum atomic E-state index is 3.46. The first-order chi connectivity index (χ1) is 8.08. The molecule has 0 radical (unpaired) electrons. The van der Waals surface area contributed by atoms with Gasteiger partial charge in [0.25, 0.3) is 0 Å².